The Balaban J connectivity index is 1.81. The maximum Gasteiger partial charge on any atom is 0.230 e. The van der Waals surface area contributed by atoms with Crippen molar-refractivity contribution < 1.29 is 4.79 Å². The monoisotopic (exact) mass is 282 g/mol. The van der Waals surface area contributed by atoms with Gasteiger partial charge in [0.25, 0.3) is 0 Å². The van der Waals surface area contributed by atoms with E-state index < -0.39 is 0 Å². The maximum absolute atomic E-state index is 11.8. The highest BCUT2D eigenvalue weighted by Crippen LogP contribution is 2.17. The van der Waals surface area contributed by atoms with Crippen LogP contribution in [0.5, 0.6) is 0 Å². The lowest BCUT2D eigenvalue weighted by Gasteiger charge is -2.12. The lowest BCUT2D eigenvalue weighted by molar-refractivity contribution is -0.119. The topological polar surface area (TPSA) is 59.8 Å². The van der Waals surface area contributed by atoms with Gasteiger partial charge in [-0.2, -0.15) is 11.3 Å². The van der Waals surface area contributed by atoms with Gasteiger partial charge in [-0.25, -0.2) is 0 Å². The van der Waals surface area contributed by atoms with Crippen LogP contribution in [0.1, 0.15) is 18.5 Å². The fourth-order valence-electron chi connectivity index (χ4n) is 1.42. The van der Waals surface area contributed by atoms with Gasteiger partial charge in [0.15, 0.2) is 5.16 Å². The van der Waals surface area contributed by atoms with E-state index in [1.54, 1.807) is 22.2 Å². The van der Waals surface area contributed by atoms with Crippen molar-refractivity contribution in [2.24, 2.45) is 7.05 Å². The van der Waals surface area contributed by atoms with Crippen molar-refractivity contribution in [2.45, 2.75) is 18.1 Å². The molecule has 1 unspecified atom stereocenters. The van der Waals surface area contributed by atoms with Crippen molar-refractivity contribution in [1.29, 1.82) is 0 Å². The highest BCUT2D eigenvalue weighted by Gasteiger charge is 2.11. The third-order valence-corrected chi connectivity index (χ3v) is 4.16. The molecule has 1 atom stereocenters. The predicted octanol–water partition coefficient (Wildman–Crippen LogP) is 1.85. The summed E-state index contributed by atoms with van der Waals surface area (Å²) in [7, 11) is 1.86. The molecule has 0 saturated carbocycles. The first-order chi connectivity index (χ1) is 8.66. The van der Waals surface area contributed by atoms with Crippen molar-refractivity contribution >= 4 is 29.0 Å². The van der Waals surface area contributed by atoms with E-state index in [4.69, 9.17) is 0 Å². The normalized spacial score (nSPS) is 12.3. The maximum atomic E-state index is 11.8. The Labute approximate surface area is 114 Å². The molecular formula is C11H14N4OS2. The van der Waals surface area contributed by atoms with Crippen molar-refractivity contribution in [3.63, 3.8) is 0 Å². The van der Waals surface area contributed by atoms with Crippen LogP contribution in [-0.4, -0.2) is 26.4 Å². The summed E-state index contributed by atoms with van der Waals surface area (Å²) in [5.41, 5.74) is 1.14. The molecule has 2 aromatic heterocycles. The number of rotatable bonds is 5. The third kappa shape index (κ3) is 3.33. The fraction of sp³-hybridized carbons (Fsp3) is 0.364. The highest BCUT2D eigenvalue weighted by atomic mass is 32.2. The number of nitrogens with zero attached hydrogens (tertiary/aromatic N) is 3. The second-order valence-electron chi connectivity index (χ2n) is 3.86. The molecule has 0 saturated heterocycles. The van der Waals surface area contributed by atoms with Gasteiger partial charge >= 0.3 is 0 Å². The van der Waals surface area contributed by atoms with Crippen molar-refractivity contribution in [2.75, 3.05) is 5.75 Å². The zero-order valence-electron chi connectivity index (χ0n) is 10.2. The van der Waals surface area contributed by atoms with Crippen molar-refractivity contribution in [1.82, 2.24) is 20.1 Å². The van der Waals surface area contributed by atoms with Crippen LogP contribution < -0.4 is 5.32 Å². The van der Waals surface area contributed by atoms with E-state index >= 15 is 0 Å². The first kappa shape index (κ1) is 13.1. The minimum atomic E-state index is 0.00157. The van der Waals surface area contributed by atoms with Gasteiger partial charge in [-0.3, -0.25) is 4.79 Å². The van der Waals surface area contributed by atoms with Gasteiger partial charge in [-0.15, -0.1) is 10.2 Å². The summed E-state index contributed by atoms with van der Waals surface area (Å²) < 4.78 is 1.79. The predicted molar refractivity (Wildman–Crippen MR) is 72.6 cm³/mol. The molecule has 1 amide bonds. The molecule has 0 fully saturated rings. The van der Waals surface area contributed by atoms with Crippen LogP contribution in [-0.2, 0) is 11.8 Å². The fourth-order valence-corrected chi connectivity index (χ4v) is 2.87. The Bertz CT molecular complexity index is 509. The molecule has 0 spiro atoms. The molecule has 2 rings (SSSR count). The molecule has 0 aliphatic heterocycles. The minimum absolute atomic E-state index is 0.00157. The van der Waals surface area contributed by atoms with E-state index in [0.29, 0.717) is 5.75 Å². The number of aromatic nitrogens is 3. The third-order valence-electron chi connectivity index (χ3n) is 2.42. The molecule has 0 aliphatic carbocycles. The lowest BCUT2D eigenvalue weighted by Crippen LogP contribution is -2.28. The minimum Gasteiger partial charge on any atom is -0.349 e. The first-order valence-corrected chi connectivity index (χ1v) is 7.38. The Morgan fingerprint density at radius 3 is 3.11 bits per heavy atom. The molecule has 5 nitrogen and oxygen atoms in total. The Kier molecular flexibility index (Phi) is 4.38. The van der Waals surface area contributed by atoms with Crippen LogP contribution in [0.4, 0.5) is 0 Å². The number of aryl methyl sites for hydroxylation is 1. The number of carbonyl (C=O) groups is 1. The van der Waals surface area contributed by atoms with Crippen LogP contribution in [0.3, 0.4) is 0 Å². The number of thiophene rings is 1. The number of thioether (sulfide) groups is 1. The van der Waals surface area contributed by atoms with Crippen LogP contribution in [0.15, 0.2) is 28.3 Å². The second-order valence-corrected chi connectivity index (χ2v) is 5.58. The molecule has 0 aliphatic rings. The number of amides is 1. The van der Waals surface area contributed by atoms with Crippen molar-refractivity contribution in [3.05, 3.63) is 28.7 Å². The van der Waals surface area contributed by atoms with Crippen LogP contribution in [0, 0.1) is 0 Å². The first-order valence-electron chi connectivity index (χ1n) is 5.45. The van der Waals surface area contributed by atoms with Gasteiger partial charge in [-0.05, 0) is 29.3 Å². The largest absolute Gasteiger partial charge is 0.349 e. The molecule has 0 aromatic carbocycles. The number of carbonyl (C=O) groups excluding carboxylic acids is 1. The molecule has 96 valence electrons. The van der Waals surface area contributed by atoms with Gasteiger partial charge in [-0.1, -0.05) is 11.8 Å². The van der Waals surface area contributed by atoms with E-state index in [9.17, 15) is 4.79 Å². The quantitative estimate of drug-likeness (QED) is 0.850. The standard InChI is InChI=1S/C11H14N4OS2/c1-8(9-3-4-17-5-9)13-10(16)6-18-11-14-12-7-15(11)2/h3-5,7-8H,6H2,1-2H3,(H,13,16). The lowest BCUT2D eigenvalue weighted by atomic mass is 10.2. The number of nitrogens with one attached hydrogen (secondary N) is 1. The van der Waals surface area contributed by atoms with E-state index in [1.165, 1.54) is 11.8 Å². The van der Waals surface area contributed by atoms with Crippen molar-refractivity contribution in [3.8, 4) is 0 Å². The van der Waals surface area contributed by atoms with Gasteiger partial charge in [0.05, 0.1) is 11.8 Å². The SMILES string of the molecule is CC(NC(=O)CSc1nncn1C)c1ccsc1. The molecule has 0 bridgehead atoms. The number of hydrogen-bond donors (Lipinski definition) is 1. The Hall–Kier alpha value is -1.34. The zero-order valence-corrected chi connectivity index (χ0v) is 11.8. The summed E-state index contributed by atoms with van der Waals surface area (Å²) in [5, 5.41) is 15.4. The van der Waals surface area contributed by atoms with Gasteiger partial charge in [0, 0.05) is 7.05 Å². The molecule has 7 heteroatoms. The Morgan fingerprint density at radius 2 is 2.50 bits per heavy atom. The summed E-state index contributed by atoms with van der Waals surface area (Å²) >= 11 is 3.01. The van der Waals surface area contributed by atoms with Crippen LogP contribution in [0.25, 0.3) is 0 Å². The van der Waals surface area contributed by atoms with E-state index in [2.05, 4.69) is 15.5 Å². The molecule has 2 heterocycles. The molecule has 2 aromatic rings. The van der Waals surface area contributed by atoms with E-state index in [1.807, 2.05) is 30.8 Å². The van der Waals surface area contributed by atoms with Crippen LogP contribution >= 0.6 is 23.1 Å². The summed E-state index contributed by atoms with van der Waals surface area (Å²) in [6.07, 6.45) is 1.62. The van der Waals surface area contributed by atoms with E-state index in [-0.39, 0.29) is 11.9 Å². The van der Waals surface area contributed by atoms with Gasteiger partial charge in [0.1, 0.15) is 6.33 Å². The average molecular weight is 282 g/mol. The molecule has 18 heavy (non-hydrogen) atoms. The van der Waals surface area contributed by atoms with Crippen LogP contribution in [0.2, 0.25) is 0 Å². The van der Waals surface area contributed by atoms with Gasteiger partial charge in [0.2, 0.25) is 5.91 Å². The average Bonchev–Trinajstić information content (AvgIpc) is 2.97. The molecule has 0 radical (unpaired) electrons. The number of hydrogen-bond acceptors (Lipinski definition) is 5. The smallest absolute Gasteiger partial charge is 0.230 e. The summed E-state index contributed by atoms with van der Waals surface area (Å²) in [6, 6.07) is 2.06. The summed E-state index contributed by atoms with van der Waals surface area (Å²) in [5.74, 6) is 0.350. The zero-order chi connectivity index (χ0) is 13.0. The van der Waals surface area contributed by atoms with Gasteiger partial charge < -0.3 is 9.88 Å². The highest BCUT2D eigenvalue weighted by molar-refractivity contribution is 7.99. The molecular weight excluding hydrogens is 268 g/mol. The van der Waals surface area contributed by atoms with E-state index in [0.717, 1.165) is 10.7 Å². The second kappa shape index (κ2) is 6.01. The summed E-state index contributed by atoms with van der Waals surface area (Å²) in [4.78, 5) is 11.8. The summed E-state index contributed by atoms with van der Waals surface area (Å²) in [6.45, 7) is 1.98. The Morgan fingerprint density at radius 1 is 1.67 bits per heavy atom. The molecule has 1 N–H and O–H groups in total.